The van der Waals surface area contributed by atoms with Gasteiger partial charge in [0.25, 0.3) is 0 Å². The third-order valence-electron chi connectivity index (χ3n) is 1.67. The lowest BCUT2D eigenvalue weighted by atomic mass is 10.2. The molecule has 0 saturated heterocycles. The van der Waals surface area contributed by atoms with E-state index in [2.05, 4.69) is 5.32 Å². The van der Waals surface area contributed by atoms with Crippen LogP contribution in [0.15, 0.2) is 0 Å². The standard InChI is InChI=1S/C11H21NO4/c1-6-8(9(13)15-7-2)12-10(14)16-11(3,4)5/h8H,6-7H2,1-5H3,(H,12,14). The quantitative estimate of drug-likeness (QED) is 0.750. The number of hydrogen-bond acceptors (Lipinski definition) is 4. The number of alkyl carbamates (subject to hydrolysis) is 1. The maximum absolute atomic E-state index is 11.4. The van der Waals surface area contributed by atoms with Crippen LogP contribution >= 0.6 is 0 Å². The molecule has 0 aromatic rings. The van der Waals surface area contributed by atoms with Crippen molar-refractivity contribution in [1.82, 2.24) is 5.32 Å². The van der Waals surface area contributed by atoms with Crippen LogP contribution in [0, 0.1) is 0 Å². The van der Waals surface area contributed by atoms with Crippen molar-refractivity contribution < 1.29 is 19.1 Å². The van der Waals surface area contributed by atoms with Crippen LogP contribution in [0.4, 0.5) is 4.79 Å². The van der Waals surface area contributed by atoms with E-state index in [1.807, 2.05) is 0 Å². The van der Waals surface area contributed by atoms with Gasteiger partial charge < -0.3 is 14.8 Å². The van der Waals surface area contributed by atoms with Crippen LogP contribution in [0.3, 0.4) is 0 Å². The summed E-state index contributed by atoms with van der Waals surface area (Å²) in [4.78, 5) is 22.8. The summed E-state index contributed by atoms with van der Waals surface area (Å²) in [5.74, 6) is -0.434. The molecule has 94 valence electrons. The van der Waals surface area contributed by atoms with Gasteiger partial charge in [-0.2, -0.15) is 0 Å². The number of carbonyl (C=O) groups excluding carboxylic acids is 2. The first-order valence-corrected chi connectivity index (χ1v) is 5.46. The van der Waals surface area contributed by atoms with Gasteiger partial charge in [0.1, 0.15) is 11.6 Å². The normalized spacial score (nSPS) is 12.8. The first kappa shape index (κ1) is 14.7. The van der Waals surface area contributed by atoms with E-state index in [-0.39, 0.29) is 0 Å². The molecule has 0 fully saturated rings. The second kappa shape index (κ2) is 6.35. The van der Waals surface area contributed by atoms with Crippen LogP contribution in [0.2, 0.25) is 0 Å². The highest BCUT2D eigenvalue weighted by atomic mass is 16.6. The Labute approximate surface area is 96.5 Å². The molecule has 0 aromatic heterocycles. The minimum Gasteiger partial charge on any atom is -0.464 e. The zero-order valence-corrected chi connectivity index (χ0v) is 10.6. The van der Waals surface area contributed by atoms with Gasteiger partial charge in [-0.05, 0) is 34.1 Å². The average Bonchev–Trinajstić information content (AvgIpc) is 2.11. The molecule has 16 heavy (non-hydrogen) atoms. The average molecular weight is 231 g/mol. The van der Waals surface area contributed by atoms with E-state index in [9.17, 15) is 9.59 Å². The van der Waals surface area contributed by atoms with Gasteiger partial charge in [0, 0.05) is 0 Å². The molecule has 1 unspecified atom stereocenters. The Kier molecular flexibility index (Phi) is 5.85. The summed E-state index contributed by atoms with van der Waals surface area (Å²) in [6.07, 6.45) is -0.134. The lowest BCUT2D eigenvalue weighted by Crippen LogP contribution is -2.43. The summed E-state index contributed by atoms with van der Waals surface area (Å²) in [6.45, 7) is 9.09. The van der Waals surface area contributed by atoms with Crippen molar-refractivity contribution in [1.29, 1.82) is 0 Å². The fraction of sp³-hybridized carbons (Fsp3) is 0.818. The molecule has 0 radical (unpaired) electrons. The van der Waals surface area contributed by atoms with Gasteiger partial charge >= 0.3 is 12.1 Å². The molecule has 0 aromatic carbocycles. The van der Waals surface area contributed by atoms with E-state index in [0.29, 0.717) is 13.0 Å². The SMILES string of the molecule is CCOC(=O)C(CC)NC(=O)OC(C)(C)C. The highest BCUT2D eigenvalue weighted by Gasteiger charge is 2.23. The van der Waals surface area contributed by atoms with Crippen LogP contribution in [0.1, 0.15) is 41.0 Å². The van der Waals surface area contributed by atoms with Crippen molar-refractivity contribution in [2.75, 3.05) is 6.61 Å². The zero-order valence-electron chi connectivity index (χ0n) is 10.6. The third kappa shape index (κ3) is 6.27. The lowest BCUT2D eigenvalue weighted by molar-refractivity contribution is -0.145. The molecule has 5 heteroatoms. The monoisotopic (exact) mass is 231 g/mol. The number of carbonyl (C=O) groups is 2. The van der Waals surface area contributed by atoms with E-state index in [1.54, 1.807) is 34.6 Å². The van der Waals surface area contributed by atoms with Crippen LogP contribution in [-0.4, -0.2) is 30.3 Å². The number of amides is 1. The van der Waals surface area contributed by atoms with Crippen molar-refractivity contribution in [2.45, 2.75) is 52.7 Å². The van der Waals surface area contributed by atoms with Crippen LogP contribution < -0.4 is 5.32 Å². The lowest BCUT2D eigenvalue weighted by Gasteiger charge is -2.22. The molecule has 0 aliphatic rings. The Bertz CT molecular complexity index is 245. The maximum atomic E-state index is 11.4. The number of ether oxygens (including phenoxy) is 2. The number of hydrogen-bond donors (Lipinski definition) is 1. The first-order chi connectivity index (χ1) is 7.30. The highest BCUT2D eigenvalue weighted by molar-refractivity contribution is 5.81. The molecule has 1 amide bonds. The van der Waals surface area contributed by atoms with Crippen molar-refractivity contribution in [3.05, 3.63) is 0 Å². The summed E-state index contributed by atoms with van der Waals surface area (Å²) in [6, 6.07) is -0.644. The molecule has 1 atom stereocenters. The van der Waals surface area contributed by atoms with Crippen molar-refractivity contribution in [2.24, 2.45) is 0 Å². The van der Waals surface area contributed by atoms with Crippen LogP contribution in [0.25, 0.3) is 0 Å². The smallest absolute Gasteiger partial charge is 0.408 e. The second-order valence-corrected chi connectivity index (χ2v) is 4.36. The van der Waals surface area contributed by atoms with E-state index in [0.717, 1.165) is 0 Å². The van der Waals surface area contributed by atoms with Gasteiger partial charge in [0.15, 0.2) is 0 Å². The summed E-state index contributed by atoms with van der Waals surface area (Å²) in [5.41, 5.74) is -0.572. The summed E-state index contributed by atoms with van der Waals surface area (Å²) >= 11 is 0. The van der Waals surface area contributed by atoms with Crippen molar-refractivity contribution in [3.63, 3.8) is 0 Å². The van der Waals surface area contributed by atoms with Gasteiger partial charge in [-0.15, -0.1) is 0 Å². The summed E-state index contributed by atoms with van der Waals surface area (Å²) in [7, 11) is 0. The Morgan fingerprint density at radius 1 is 1.25 bits per heavy atom. The van der Waals surface area contributed by atoms with E-state index < -0.39 is 23.7 Å². The predicted molar refractivity (Wildman–Crippen MR) is 60.1 cm³/mol. The fourth-order valence-corrected chi connectivity index (χ4v) is 1.02. The molecule has 0 bridgehead atoms. The molecule has 1 N–H and O–H groups in total. The molecule has 0 saturated carbocycles. The third-order valence-corrected chi connectivity index (χ3v) is 1.67. The molecular weight excluding hydrogens is 210 g/mol. The highest BCUT2D eigenvalue weighted by Crippen LogP contribution is 2.07. The number of nitrogens with one attached hydrogen (secondary N) is 1. The molecule has 0 rings (SSSR count). The Hall–Kier alpha value is -1.26. The van der Waals surface area contributed by atoms with Gasteiger partial charge in [-0.25, -0.2) is 9.59 Å². The van der Waals surface area contributed by atoms with Crippen molar-refractivity contribution >= 4 is 12.1 Å². The van der Waals surface area contributed by atoms with E-state index in [1.165, 1.54) is 0 Å². The van der Waals surface area contributed by atoms with Gasteiger partial charge in [0.2, 0.25) is 0 Å². The fourth-order valence-electron chi connectivity index (χ4n) is 1.02. The minimum atomic E-state index is -0.644. The maximum Gasteiger partial charge on any atom is 0.408 e. The van der Waals surface area contributed by atoms with Gasteiger partial charge in [0.05, 0.1) is 6.61 Å². The van der Waals surface area contributed by atoms with Gasteiger partial charge in [-0.1, -0.05) is 6.92 Å². The largest absolute Gasteiger partial charge is 0.464 e. The number of rotatable bonds is 4. The molecule has 0 aliphatic carbocycles. The summed E-state index contributed by atoms with van der Waals surface area (Å²) in [5, 5.41) is 2.47. The Morgan fingerprint density at radius 2 is 1.81 bits per heavy atom. The predicted octanol–water partition coefficient (Wildman–Crippen LogP) is 1.85. The van der Waals surface area contributed by atoms with Gasteiger partial charge in [-0.3, -0.25) is 0 Å². The zero-order chi connectivity index (χ0) is 12.8. The van der Waals surface area contributed by atoms with E-state index >= 15 is 0 Å². The molecule has 0 aliphatic heterocycles. The molecular formula is C11H21NO4. The van der Waals surface area contributed by atoms with E-state index in [4.69, 9.17) is 9.47 Å². The second-order valence-electron chi connectivity index (χ2n) is 4.36. The van der Waals surface area contributed by atoms with Crippen LogP contribution in [-0.2, 0) is 14.3 Å². The first-order valence-electron chi connectivity index (χ1n) is 5.46. The topological polar surface area (TPSA) is 64.6 Å². The molecule has 5 nitrogen and oxygen atoms in total. The minimum absolute atomic E-state index is 0.297. The Balaban J connectivity index is 4.22. The van der Waals surface area contributed by atoms with Crippen LogP contribution in [0.5, 0.6) is 0 Å². The summed E-state index contributed by atoms with van der Waals surface area (Å²) < 4.78 is 9.86. The Morgan fingerprint density at radius 3 is 2.19 bits per heavy atom. The molecule has 0 spiro atoms. The molecule has 0 heterocycles. The van der Waals surface area contributed by atoms with Crippen molar-refractivity contribution in [3.8, 4) is 0 Å². The number of esters is 1.